The number of hydrogen-bond acceptors (Lipinski definition) is 2. The van der Waals surface area contributed by atoms with Gasteiger partial charge in [-0.15, -0.1) is 0 Å². The van der Waals surface area contributed by atoms with Crippen LogP contribution in [0.4, 0.5) is 26.3 Å². The smallest absolute Gasteiger partial charge is 0.381 e. The average molecular weight is 254 g/mol. The van der Waals surface area contributed by atoms with Gasteiger partial charge in [-0.1, -0.05) is 0 Å². The van der Waals surface area contributed by atoms with E-state index in [0.717, 1.165) is 0 Å². The van der Waals surface area contributed by atoms with Gasteiger partial charge in [0.15, 0.2) is 11.2 Å². The van der Waals surface area contributed by atoms with Crippen LogP contribution in [-0.2, 0) is 0 Å². The first kappa shape index (κ1) is 15.5. The minimum Gasteiger partial charge on any atom is -0.381 e. The Balaban J connectivity index is 4.59. The van der Waals surface area contributed by atoms with Crippen LogP contribution in [0.2, 0.25) is 0 Å². The van der Waals surface area contributed by atoms with Crippen LogP contribution >= 0.6 is 0 Å². The van der Waals surface area contributed by atoms with Gasteiger partial charge >= 0.3 is 12.4 Å². The summed E-state index contributed by atoms with van der Waals surface area (Å²) in [5, 5.41) is 17.8. The molecular weight excluding hydrogens is 242 g/mol. The van der Waals surface area contributed by atoms with Gasteiger partial charge in [0.25, 0.3) is 0 Å². The van der Waals surface area contributed by atoms with E-state index in [1.165, 1.54) is 0 Å². The molecule has 0 amide bonds. The van der Waals surface area contributed by atoms with Gasteiger partial charge < -0.3 is 10.2 Å². The Morgan fingerprint density at radius 2 is 0.875 bits per heavy atom. The van der Waals surface area contributed by atoms with E-state index in [4.69, 9.17) is 10.2 Å². The Hall–Kier alpha value is -0.500. The van der Waals surface area contributed by atoms with Gasteiger partial charge in [0.05, 0.1) is 0 Å². The van der Waals surface area contributed by atoms with E-state index >= 15 is 0 Å². The molecule has 2 N–H and O–H groups in total. The highest BCUT2D eigenvalue weighted by Crippen LogP contribution is 2.39. The molecule has 0 fully saturated rings. The molecule has 0 saturated carbocycles. The number of alkyl halides is 6. The lowest BCUT2D eigenvalue weighted by Gasteiger charge is -2.31. The molecule has 0 aromatic heterocycles. The van der Waals surface area contributed by atoms with Crippen LogP contribution in [-0.4, -0.2) is 33.8 Å². The Labute approximate surface area is 87.9 Å². The Kier molecular flexibility index (Phi) is 3.94. The third-order valence-corrected chi connectivity index (χ3v) is 2.32. The highest BCUT2D eigenvalue weighted by molar-refractivity contribution is 4.88. The second-order valence-corrected chi connectivity index (χ2v) is 4.04. The monoisotopic (exact) mass is 254 g/mol. The molecule has 0 spiro atoms. The van der Waals surface area contributed by atoms with E-state index in [1.807, 2.05) is 0 Å². The van der Waals surface area contributed by atoms with E-state index in [9.17, 15) is 26.3 Å². The second kappa shape index (κ2) is 4.06. The molecule has 0 aliphatic carbocycles. The summed E-state index contributed by atoms with van der Waals surface area (Å²) < 4.78 is 72.6. The van der Waals surface area contributed by atoms with Crippen molar-refractivity contribution in [1.29, 1.82) is 0 Å². The van der Waals surface area contributed by atoms with Gasteiger partial charge in [-0.05, 0) is 26.7 Å². The van der Waals surface area contributed by atoms with Gasteiger partial charge in [-0.25, -0.2) is 0 Å². The van der Waals surface area contributed by atoms with Crippen molar-refractivity contribution in [2.24, 2.45) is 0 Å². The second-order valence-electron chi connectivity index (χ2n) is 4.04. The first-order chi connectivity index (χ1) is 6.71. The lowest BCUT2D eigenvalue weighted by atomic mass is 9.91. The average Bonchev–Trinajstić information content (AvgIpc) is 1.97. The maximum atomic E-state index is 12.1. The Bertz CT molecular complexity index is 214. The van der Waals surface area contributed by atoms with Crippen molar-refractivity contribution in [3.63, 3.8) is 0 Å². The molecule has 98 valence electrons. The normalized spacial score (nSPS) is 21.4. The van der Waals surface area contributed by atoms with Crippen LogP contribution < -0.4 is 0 Å². The number of halogens is 6. The molecule has 2 unspecified atom stereocenters. The molecule has 0 bridgehead atoms. The molecule has 2 nitrogen and oxygen atoms in total. The first-order valence-electron chi connectivity index (χ1n) is 4.29. The van der Waals surface area contributed by atoms with Crippen LogP contribution in [0.1, 0.15) is 26.7 Å². The molecule has 0 heterocycles. The van der Waals surface area contributed by atoms with Crippen molar-refractivity contribution in [2.75, 3.05) is 0 Å². The molecule has 0 rings (SSSR count). The van der Waals surface area contributed by atoms with E-state index in [2.05, 4.69) is 0 Å². The van der Waals surface area contributed by atoms with Crippen LogP contribution in [0.3, 0.4) is 0 Å². The summed E-state index contributed by atoms with van der Waals surface area (Å²) in [7, 11) is 0. The summed E-state index contributed by atoms with van der Waals surface area (Å²) in [5.41, 5.74) is -6.50. The van der Waals surface area contributed by atoms with Crippen molar-refractivity contribution in [3.05, 3.63) is 0 Å². The predicted octanol–water partition coefficient (Wildman–Crippen LogP) is 2.39. The zero-order valence-electron chi connectivity index (χ0n) is 8.58. The van der Waals surface area contributed by atoms with Gasteiger partial charge in [-0.3, -0.25) is 0 Å². The van der Waals surface area contributed by atoms with E-state index in [-0.39, 0.29) is 0 Å². The van der Waals surface area contributed by atoms with Crippen molar-refractivity contribution in [1.82, 2.24) is 0 Å². The van der Waals surface area contributed by atoms with Crippen LogP contribution in [0, 0.1) is 0 Å². The Morgan fingerprint density at radius 3 is 1.00 bits per heavy atom. The fourth-order valence-corrected chi connectivity index (χ4v) is 0.770. The Morgan fingerprint density at radius 1 is 0.688 bits per heavy atom. The third-order valence-electron chi connectivity index (χ3n) is 2.32. The maximum Gasteiger partial charge on any atom is 0.416 e. The number of aliphatic hydroxyl groups is 2. The van der Waals surface area contributed by atoms with Crippen molar-refractivity contribution >= 4 is 0 Å². The SMILES string of the molecule is CC(O)(CCC(C)(O)C(F)(F)F)C(F)(F)F. The van der Waals surface area contributed by atoms with E-state index < -0.39 is 36.4 Å². The summed E-state index contributed by atoms with van der Waals surface area (Å²) in [6.07, 6.45) is -12.5. The molecule has 0 aliphatic rings. The van der Waals surface area contributed by atoms with Gasteiger partial charge in [0.1, 0.15) is 0 Å². The zero-order valence-corrected chi connectivity index (χ0v) is 8.58. The highest BCUT2D eigenvalue weighted by Gasteiger charge is 2.54. The minimum atomic E-state index is -5.03. The van der Waals surface area contributed by atoms with Gasteiger partial charge in [-0.2, -0.15) is 26.3 Å². The van der Waals surface area contributed by atoms with Gasteiger partial charge in [0, 0.05) is 0 Å². The zero-order chi connectivity index (χ0) is 13.4. The maximum absolute atomic E-state index is 12.1. The van der Waals surface area contributed by atoms with Crippen molar-refractivity contribution in [3.8, 4) is 0 Å². The molecule has 0 aromatic carbocycles. The quantitative estimate of drug-likeness (QED) is 0.759. The van der Waals surface area contributed by atoms with Gasteiger partial charge in [0.2, 0.25) is 0 Å². The molecule has 16 heavy (non-hydrogen) atoms. The molecule has 8 heteroatoms. The topological polar surface area (TPSA) is 40.5 Å². The van der Waals surface area contributed by atoms with E-state index in [0.29, 0.717) is 13.8 Å². The summed E-state index contributed by atoms with van der Waals surface area (Å²) in [4.78, 5) is 0. The van der Waals surface area contributed by atoms with Crippen LogP contribution in [0.5, 0.6) is 0 Å². The fourth-order valence-electron chi connectivity index (χ4n) is 0.770. The van der Waals surface area contributed by atoms with Crippen molar-refractivity contribution < 1.29 is 36.6 Å². The van der Waals surface area contributed by atoms with Crippen LogP contribution in [0.25, 0.3) is 0 Å². The first-order valence-corrected chi connectivity index (χ1v) is 4.29. The lowest BCUT2D eigenvalue weighted by Crippen LogP contribution is -2.47. The lowest BCUT2D eigenvalue weighted by molar-refractivity contribution is -0.278. The summed E-state index contributed by atoms with van der Waals surface area (Å²) in [6, 6.07) is 0. The third kappa shape index (κ3) is 3.51. The molecule has 0 aliphatic heterocycles. The molecule has 0 radical (unpaired) electrons. The van der Waals surface area contributed by atoms with Crippen LogP contribution in [0.15, 0.2) is 0 Å². The van der Waals surface area contributed by atoms with E-state index in [1.54, 1.807) is 0 Å². The minimum absolute atomic E-state index is 0.361. The number of rotatable bonds is 3. The molecule has 0 saturated heterocycles. The largest absolute Gasteiger partial charge is 0.416 e. The summed E-state index contributed by atoms with van der Waals surface area (Å²) in [5.74, 6) is 0. The summed E-state index contributed by atoms with van der Waals surface area (Å²) in [6.45, 7) is 0.721. The predicted molar refractivity (Wildman–Crippen MR) is 42.6 cm³/mol. The number of hydrogen-bond donors (Lipinski definition) is 2. The fraction of sp³-hybridized carbons (Fsp3) is 1.00. The highest BCUT2D eigenvalue weighted by atomic mass is 19.4. The standard InChI is InChI=1S/C8H12F6O2/c1-5(15,7(9,10)11)3-4-6(2,16)8(12,13)14/h15-16H,3-4H2,1-2H3. The molecular formula is C8H12F6O2. The van der Waals surface area contributed by atoms with Crippen molar-refractivity contribution in [2.45, 2.75) is 50.2 Å². The molecule has 0 aromatic rings. The summed E-state index contributed by atoms with van der Waals surface area (Å²) >= 11 is 0. The molecule has 2 atom stereocenters.